The summed E-state index contributed by atoms with van der Waals surface area (Å²) in [7, 11) is -3.75. The van der Waals surface area contributed by atoms with Gasteiger partial charge in [0.25, 0.3) is 0 Å². The molecule has 2 rings (SSSR count). The second-order valence-electron chi connectivity index (χ2n) is 5.40. The second-order valence-corrected chi connectivity index (χ2v) is 9.78. The molecule has 1 heterocycles. The molecule has 1 fully saturated rings. The Labute approximate surface area is 130 Å². The molecule has 0 spiro atoms. The molecule has 0 saturated carbocycles. The summed E-state index contributed by atoms with van der Waals surface area (Å²) < 4.78 is 47.7. The first-order chi connectivity index (χ1) is 10.1. The Kier molecular flexibility index (Phi) is 4.59. The van der Waals surface area contributed by atoms with E-state index in [1.165, 1.54) is 38.4 Å². The zero-order valence-corrected chi connectivity index (χ0v) is 13.9. The number of benzene rings is 1. The first kappa shape index (κ1) is 16.9. The Morgan fingerprint density at radius 2 is 1.82 bits per heavy atom. The largest absolute Gasteiger partial charge is 0.326 e. The van der Waals surface area contributed by atoms with Crippen molar-refractivity contribution in [1.82, 2.24) is 4.31 Å². The van der Waals surface area contributed by atoms with Gasteiger partial charge in [-0.05, 0) is 30.7 Å². The number of sulfonamides is 1. The van der Waals surface area contributed by atoms with Crippen LogP contribution in [0.4, 0.5) is 5.69 Å². The molecule has 1 saturated heterocycles. The number of amides is 1. The molecular formula is C13H18N2O5S2. The number of carbonyl (C=O) groups is 1. The quantitative estimate of drug-likeness (QED) is 0.846. The molecule has 122 valence electrons. The first-order valence-corrected chi connectivity index (χ1v) is 9.92. The summed E-state index contributed by atoms with van der Waals surface area (Å²) in [5.41, 5.74) is 0.437. The predicted octanol–water partition coefficient (Wildman–Crippen LogP) is 0.310. The zero-order valence-electron chi connectivity index (χ0n) is 12.3. The van der Waals surface area contributed by atoms with Crippen molar-refractivity contribution in [2.45, 2.75) is 11.3 Å². The van der Waals surface area contributed by atoms with Gasteiger partial charge in [0.05, 0.1) is 22.3 Å². The molecule has 1 atom stereocenters. The van der Waals surface area contributed by atoms with E-state index in [4.69, 9.17) is 0 Å². The van der Waals surface area contributed by atoms with Gasteiger partial charge in [-0.3, -0.25) is 4.79 Å². The fraction of sp³-hybridized carbons (Fsp3) is 0.462. The SMILES string of the molecule is CN(C)S(=O)(=O)c1ccc(NC(=O)[C@H]2CCS(=O)(=O)C2)cc1. The third-order valence-electron chi connectivity index (χ3n) is 3.50. The molecule has 1 aromatic rings. The minimum Gasteiger partial charge on any atom is -0.326 e. The van der Waals surface area contributed by atoms with Gasteiger partial charge in [0, 0.05) is 19.8 Å². The highest BCUT2D eigenvalue weighted by Crippen LogP contribution is 2.21. The summed E-state index contributed by atoms with van der Waals surface area (Å²) in [6, 6.07) is 5.77. The van der Waals surface area contributed by atoms with E-state index in [2.05, 4.69) is 5.32 Å². The maximum Gasteiger partial charge on any atom is 0.242 e. The maximum absolute atomic E-state index is 12.0. The number of nitrogens with one attached hydrogen (secondary N) is 1. The fourth-order valence-electron chi connectivity index (χ4n) is 2.17. The molecule has 1 N–H and O–H groups in total. The monoisotopic (exact) mass is 346 g/mol. The maximum atomic E-state index is 12.0. The van der Waals surface area contributed by atoms with Crippen LogP contribution in [0.5, 0.6) is 0 Å². The van der Waals surface area contributed by atoms with E-state index < -0.39 is 25.8 Å². The highest BCUT2D eigenvalue weighted by Gasteiger charge is 2.32. The van der Waals surface area contributed by atoms with Crippen LogP contribution in [0.3, 0.4) is 0 Å². The van der Waals surface area contributed by atoms with Gasteiger partial charge in [-0.25, -0.2) is 21.1 Å². The van der Waals surface area contributed by atoms with Gasteiger partial charge >= 0.3 is 0 Å². The van der Waals surface area contributed by atoms with Crippen molar-refractivity contribution in [3.8, 4) is 0 Å². The van der Waals surface area contributed by atoms with Crippen LogP contribution in [-0.4, -0.2) is 52.6 Å². The summed E-state index contributed by atoms with van der Waals surface area (Å²) in [6.07, 6.45) is 0.321. The van der Waals surface area contributed by atoms with Crippen molar-refractivity contribution in [3.05, 3.63) is 24.3 Å². The zero-order chi connectivity index (χ0) is 16.5. The molecule has 22 heavy (non-hydrogen) atoms. The molecule has 0 unspecified atom stereocenters. The number of hydrogen-bond donors (Lipinski definition) is 1. The molecule has 1 aliphatic rings. The Morgan fingerprint density at radius 3 is 2.27 bits per heavy atom. The average molecular weight is 346 g/mol. The van der Waals surface area contributed by atoms with Crippen LogP contribution >= 0.6 is 0 Å². The molecule has 0 radical (unpaired) electrons. The Morgan fingerprint density at radius 1 is 1.23 bits per heavy atom. The lowest BCUT2D eigenvalue weighted by Crippen LogP contribution is -2.24. The van der Waals surface area contributed by atoms with E-state index in [9.17, 15) is 21.6 Å². The van der Waals surface area contributed by atoms with Crippen LogP contribution in [-0.2, 0) is 24.7 Å². The number of anilines is 1. The number of rotatable bonds is 4. The van der Waals surface area contributed by atoms with Crippen molar-refractivity contribution >= 4 is 31.5 Å². The number of nitrogens with zero attached hydrogens (tertiary/aromatic N) is 1. The van der Waals surface area contributed by atoms with Gasteiger partial charge in [0.15, 0.2) is 9.84 Å². The first-order valence-electron chi connectivity index (χ1n) is 6.66. The van der Waals surface area contributed by atoms with Crippen molar-refractivity contribution in [2.24, 2.45) is 5.92 Å². The Balaban J connectivity index is 2.08. The van der Waals surface area contributed by atoms with Crippen molar-refractivity contribution < 1.29 is 21.6 Å². The molecule has 9 heteroatoms. The second kappa shape index (κ2) is 5.98. The third-order valence-corrected chi connectivity index (χ3v) is 7.10. The standard InChI is InChI=1S/C13H18N2O5S2/c1-15(2)22(19,20)12-5-3-11(4-6-12)14-13(16)10-7-8-21(17,18)9-10/h3-6,10H,7-9H2,1-2H3,(H,14,16)/t10-/m0/s1. The van der Waals surface area contributed by atoms with Gasteiger partial charge in [-0.15, -0.1) is 0 Å². The lowest BCUT2D eigenvalue weighted by Gasteiger charge is -2.13. The van der Waals surface area contributed by atoms with Crippen LogP contribution in [0.1, 0.15) is 6.42 Å². The van der Waals surface area contributed by atoms with Crippen LogP contribution in [0.15, 0.2) is 29.2 Å². The molecule has 1 aliphatic heterocycles. The topological polar surface area (TPSA) is 101 Å². The van der Waals surface area contributed by atoms with Crippen molar-refractivity contribution in [2.75, 3.05) is 30.9 Å². The van der Waals surface area contributed by atoms with E-state index in [0.29, 0.717) is 12.1 Å². The van der Waals surface area contributed by atoms with Gasteiger partial charge in [-0.1, -0.05) is 0 Å². The number of sulfone groups is 1. The van der Waals surface area contributed by atoms with E-state index in [-0.39, 0.29) is 22.3 Å². The molecule has 0 bridgehead atoms. The van der Waals surface area contributed by atoms with Crippen LogP contribution in [0.25, 0.3) is 0 Å². The van der Waals surface area contributed by atoms with Crippen LogP contribution in [0.2, 0.25) is 0 Å². The highest BCUT2D eigenvalue weighted by molar-refractivity contribution is 7.91. The summed E-state index contributed by atoms with van der Waals surface area (Å²) in [5, 5.41) is 2.62. The summed E-state index contributed by atoms with van der Waals surface area (Å²) in [4.78, 5) is 12.1. The normalized spacial score (nSPS) is 21.0. The minimum absolute atomic E-state index is 0.0328. The van der Waals surface area contributed by atoms with Gasteiger partial charge in [0.1, 0.15) is 0 Å². The number of hydrogen-bond acceptors (Lipinski definition) is 5. The molecule has 1 aromatic carbocycles. The number of carbonyl (C=O) groups excluding carboxylic acids is 1. The summed E-state index contributed by atoms with van der Waals surface area (Å²) in [6.45, 7) is 0. The fourth-order valence-corrected chi connectivity index (χ4v) is 4.81. The molecule has 0 aromatic heterocycles. The van der Waals surface area contributed by atoms with Gasteiger partial charge in [-0.2, -0.15) is 0 Å². The Bertz CT molecular complexity index is 767. The van der Waals surface area contributed by atoms with Gasteiger partial charge < -0.3 is 5.32 Å². The van der Waals surface area contributed by atoms with E-state index in [1.54, 1.807) is 0 Å². The molecular weight excluding hydrogens is 328 g/mol. The molecule has 1 amide bonds. The van der Waals surface area contributed by atoms with Crippen molar-refractivity contribution in [1.29, 1.82) is 0 Å². The average Bonchev–Trinajstić information content (AvgIpc) is 2.79. The van der Waals surface area contributed by atoms with Crippen molar-refractivity contribution in [3.63, 3.8) is 0 Å². The van der Waals surface area contributed by atoms with E-state index in [0.717, 1.165) is 4.31 Å². The predicted molar refractivity (Wildman–Crippen MR) is 82.7 cm³/mol. The van der Waals surface area contributed by atoms with Crippen LogP contribution in [0, 0.1) is 5.92 Å². The minimum atomic E-state index is -3.51. The smallest absolute Gasteiger partial charge is 0.242 e. The molecule has 7 nitrogen and oxygen atoms in total. The van der Waals surface area contributed by atoms with E-state index in [1.807, 2.05) is 0 Å². The lowest BCUT2D eigenvalue weighted by atomic mass is 10.1. The summed E-state index contributed by atoms with van der Waals surface area (Å²) >= 11 is 0. The van der Waals surface area contributed by atoms with Gasteiger partial charge in [0.2, 0.25) is 15.9 Å². The summed E-state index contributed by atoms with van der Waals surface area (Å²) in [5.74, 6) is -1.00. The van der Waals surface area contributed by atoms with E-state index >= 15 is 0 Å². The third kappa shape index (κ3) is 3.65. The molecule has 0 aliphatic carbocycles. The Hall–Kier alpha value is -1.45. The lowest BCUT2D eigenvalue weighted by molar-refractivity contribution is -0.119. The highest BCUT2D eigenvalue weighted by atomic mass is 32.2. The van der Waals surface area contributed by atoms with Crippen LogP contribution < -0.4 is 5.32 Å².